The number of hydrogen-bond acceptors (Lipinski definition) is 3. The van der Waals surface area contributed by atoms with Crippen molar-refractivity contribution in [3.8, 4) is 11.3 Å². The largest absolute Gasteiger partial charge is 0.685 e. The monoisotopic (exact) mass is 682 g/mol. The molecule has 1 fully saturated rings. The van der Waals surface area contributed by atoms with Crippen molar-refractivity contribution in [2.24, 2.45) is 0 Å². The number of ketones is 1. The number of hydrogen-bond donors (Lipinski definition) is 0. The second kappa shape index (κ2) is 11.5. The molecular formula is C33H35IrN3O-2. The van der Waals surface area contributed by atoms with Crippen LogP contribution in [-0.2, 0) is 30.3 Å². The summed E-state index contributed by atoms with van der Waals surface area (Å²) in [6, 6.07) is 15.5. The van der Waals surface area contributed by atoms with E-state index in [1.165, 1.54) is 65.0 Å². The topological polar surface area (TPSA) is 57.0 Å². The van der Waals surface area contributed by atoms with E-state index >= 15 is 0 Å². The maximum atomic E-state index is 10.8. The Balaban J connectivity index is 0.000000207. The first-order valence-corrected chi connectivity index (χ1v) is 13.4. The van der Waals surface area contributed by atoms with Gasteiger partial charge in [-0.05, 0) is 65.1 Å². The average Bonchev–Trinajstić information content (AvgIpc) is 2.87. The first kappa shape index (κ1) is 28.1. The maximum absolute atomic E-state index is 10.8. The van der Waals surface area contributed by atoms with Crippen LogP contribution in [0.1, 0.15) is 76.5 Å². The van der Waals surface area contributed by atoms with Crippen LogP contribution in [0.5, 0.6) is 0 Å². The van der Waals surface area contributed by atoms with Crippen molar-refractivity contribution >= 4 is 27.5 Å². The van der Waals surface area contributed by atoms with Gasteiger partial charge in [0.2, 0.25) is 0 Å². The van der Waals surface area contributed by atoms with Crippen molar-refractivity contribution in [1.82, 2.24) is 9.97 Å². The summed E-state index contributed by atoms with van der Waals surface area (Å²) < 4.78 is 0. The minimum atomic E-state index is -0.116. The van der Waals surface area contributed by atoms with Gasteiger partial charge in [0.1, 0.15) is 0 Å². The van der Waals surface area contributed by atoms with Crippen molar-refractivity contribution < 1.29 is 24.9 Å². The van der Waals surface area contributed by atoms with Crippen molar-refractivity contribution in [3.63, 3.8) is 0 Å². The number of carbonyl (C=O) groups excluding carboxylic acids is 1. The summed E-state index contributed by atoms with van der Waals surface area (Å²) in [5.74, 6) is 0.0945. The molecule has 0 N–H and O–H groups in total. The van der Waals surface area contributed by atoms with E-state index in [9.17, 15) is 4.79 Å². The number of pyridine rings is 2. The standard InChI is InChI=1S/C22H17N2.C11H19NO.Ir/c1-13-10-14-8-9-23-21-16-12-24-18-7-5-4-6-15(18)20(16)22(2,3)17(11-13)19(14)21;1-9(8-10(2)13)12-11-6-4-3-5-7-11;/h4-11H,1-3H3;8,11H,3-7H2,1-2H3,(H,12,13);/q-1;;/p-1. The van der Waals surface area contributed by atoms with Gasteiger partial charge in [-0.2, -0.15) is 5.70 Å². The number of fused-ring (bicyclic) bond motifs is 4. The van der Waals surface area contributed by atoms with E-state index < -0.39 is 0 Å². The van der Waals surface area contributed by atoms with E-state index in [0.717, 1.165) is 22.5 Å². The molecule has 5 heteroatoms. The zero-order valence-corrected chi connectivity index (χ0v) is 25.3. The molecule has 4 nitrogen and oxygen atoms in total. The number of nitrogens with zero attached hydrogens (tertiary/aromatic N) is 3. The first-order valence-electron chi connectivity index (χ1n) is 13.4. The fourth-order valence-corrected chi connectivity index (χ4v) is 6.02. The molecule has 0 atom stereocenters. The Hall–Kier alpha value is -2.88. The summed E-state index contributed by atoms with van der Waals surface area (Å²) in [7, 11) is 0. The first-order chi connectivity index (χ1) is 17.8. The van der Waals surface area contributed by atoms with Crippen molar-refractivity contribution in [1.29, 1.82) is 0 Å². The molecule has 4 aromatic rings. The van der Waals surface area contributed by atoms with Crippen molar-refractivity contribution in [3.05, 3.63) is 88.6 Å². The number of rotatable bonds is 3. The molecule has 2 aliphatic rings. The van der Waals surface area contributed by atoms with Crippen LogP contribution in [0, 0.1) is 13.1 Å². The molecule has 1 radical (unpaired) electrons. The van der Waals surface area contributed by atoms with Gasteiger partial charge in [-0.15, -0.1) is 17.2 Å². The minimum absolute atomic E-state index is 0. The Morgan fingerprint density at radius 2 is 1.82 bits per heavy atom. The Morgan fingerprint density at radius 1 is 1.08 bits per heavy atom. The van der Waals surface area contributed by atoms with Crippen LogP contribution < -0.4 is 0 Å². The molecule has 0 aliphatic heterocycles. The normalized spacial score (nSPS) is 16.2. The Bertz CT molecular complexity index is 1520. The van der Waals surface area contributed by atoms with Gasteiger partial charge in [0.15, 0.2) is 5.78 Å². The molecule has 2 aromatic heterocycles. The predicted molar refractivity (Wildman–Crippen MR) is 153 cm³/mol. The number of aromatic nitrogens is 2. The molecule has 2 heterocycles. The van der Waals surface area contributed by atoms with Crippen LogP contribution in [0.3, 0.4) is 0 Å². The Kier molecular flexibility index (Phi) is 8.49. The van der Waals surface area contributed by atoms with Crippen LogP contribution in [0.4, 0.5) is 0 Å². The van der Waals surface area contributed by atoms with Gasteiger partial charge in [0.05, 0.1) is 0 Å². The average molecular weight is 682 g/mol. The molecule has 0 saturated heterocycles. The fraction of sp³-hybridized carbons (Fsp3) is 0.364. The van der Waals surface area contributed by atoms with E-state index in [4.69, 9.17) is 4.98 Å². The quantitative estimate of drug-likeness (QED) is 0.161. The summed E-state index contributed by atoms with van der Waals surface area (Å²) in [4.78, 5) is 20.0. The maximum Gasteiger partial charge on any atom is 0.151 e. The Morgan fingerprint density at radius 3 is 2.55 bits per heavy atom. The second-order valence-corrected chi connectivity index (χ2v) is 11.0. The number of aryl methyl sites for hydroxylation is 1. The number of allylic oxidation sites excluding steroid dienone is 2. The van der Waals surface area contributed by atoms with Gasteiger partial charge in [0.25, 0.3) is 0 Å². The zero-order chi connectivity index (χ0) is 26.2. The van der Waals surface area contributed by atoms with E-state index in [-0.39, 0.29) is 31.3 Å². The predicted octanol–water partition coefficient (Wildman–Crippen LogP) is 8.38. The van der Waals surface area contributed by atoms with Gasteiger partial charge in [-0.1, -0.05) is 100 Å². The summed E-state index contributed by atoms with van der Waals surface area (Å²) in [5, 5.41) is 8.20. The van der Waals surface area contributed by atoms with Crippen LogP contribution in [0.2, 0.25) is 0 Å². The van der Waals surface area contributed by atoms with Gasteiger partial charge >= 0.3 is 0 Å². The SMILES string of the molecule is CC(=O)/C=C(/C)[N-]C1CCCCC1.Cc1cc2c3c(nccc3c1)-c1[c-]nc3ccccc3c1C2(C)C.[Ir]. The molecule has 199 valence electrons. The molecule has 2 aliphatic carbocycles. The third-order valence-corrected chi connectivity index (χ3v) is 7.63. The van der Waals surface area contributed by atoms with Crippen molar-refractivity contribution in [2.45, 2.75) is 78.2 Å². The third-order valence-electron chi connectivity index (χ3n) is 7.63. The molecular weight excluding hydrogens is 647 g/mol. The molecule has 2 aromatic carbocycles. The molecule has 6 rings (SSSR count). The fourth-order valence-electron chi connectivity index (χ4n) is 6.02. The van der Waals surface area contributed by atoms with Crippen LogP contribution in [0.25, 0.3) is 38.2 Å². The van der Waals surface area contributed by atoms with E-state index in [1.807, 2.05) is 19.2 Å². The van der Waals surface area contributed by atoms with E-state index in [0.29, 0.717) is 6.04 Å². The summed E-state index contributed by atoms with van der Waals surface area (Å²) >= 11 is 0. The summed E-state index contributed by atoms with van der Waals surface area (Å²) in [6.07, 6.45) is 13.1. The summed E-state index contributed by atoms with van der Waals surface area (Å²) in [5.41, 5.74) is 7.73. The van der Waals surface area contributed by atoms with Crippen LogP contribution >= 0.6 is 0 Å². The molecule has 38 heavy (non-hydrogen) atoms. The molecule has 0 bridgehead atoms. The van der Waals surface area contributed by atoms with E-state index in [2.05, 4.69) is 73.7 Å². The number of benzene rings is 2. The van der Waals surface area contributed by atoms with Crippen LogP contribution in [-0.4, -0.2) is 21.8 Å². The van der Waals surface area contributed by atoms with Gasteiger partial charge in [-0.25, -0.2) is 0 Å². The second-order valence-electron chi connectivity index (χ2n) is 11.0. The molecule has 0 unspecified atom stereocenters. The minimum Gasteiger partial charge on any atom is -0.685 e. The number of carbonyl (C=O) groups is 1. The summed E-state index contributed by atoms with van der Waals surface area (Å²) in [6.45, 7) is 10.3. The molecule has 0 amide bonds. The van der Waals surface area contributed by atoms with E-state index in [1.54, 1.807) is 13.0 Å². The van der Waals surface area contributed by atoms with Crippen molar-refractivity contribution in [2.75, 3.05) is 0 Å². The zero-order valence-electron chi connectivity index (χ0n) is 22.9. The van der Waals surface area contributed by atoms with Gasteiger partial charge in [-0.3, -0.25) is 4.79 Å². The van der Waals surface area contributed by atoms with Gasteiger partial charge in [0, 0.05) is 26.3 Å². The third kappa shape index (κ3) is 5.46. The smallest absolute Gasteiger partial charge is 0.151 e. The number of para-hydroxylation sites is 1. The molecule has 0 spiro atoms. The van der Waals surface area contributed by atoms with Crippen LogP contribution in [0.15, 0.2) is 60.4 Å². The Labute approximate surface area is 239 Å². The van der Waals surface area contributed by atoms with Gasteiger partial charge < -0.3 is 15.3 Å². The molecule has 1 saturated carbocycles.